The van der Waals surface area contributed by atoms with Gasteiger partial charge < -0.3 is 10.3 Å². The van der Waals surface area contributed by atoms with E-state index >= 15 is 0 Å². The number of aromatic amines is 1. The van der Waals surface area contributed by atoms with Crippen molar-refractivity contribution in [1.82, 2.24) is 20.3 Å². The Bertz CT molecular complexity index is 442. The molecule has 4 nitrogen and oxygen atoms in total. The second-order valence-electron chi connectivity index (χ2n) is 4.08. The standard InChI is InChI=1S/C11H14N4S/c1-2-8(12-3-1)6-10-14-7-9(15-10)11-13-4-5-16-11/h4-5,7-8,12H,1-3,6H2,(H,14,15). The fourth-order valence-electron chi connectivity index (χ4n) is 2.10. The number of imidazole rings is 1. The van der Waals surface area contributed by atoms with Gasteiger partial charge in [0, 0.05) is 24.0 Å². The fourth-order valence-corrected chi connectivity index (χ4v) is 2.70. The Morgan fingerprint density at radius 1 is 1.44 bits per heavy atom. The smallest absolute Gasteiger partial charge is 0.141 e. The third-order valence-electron chi connectivity index (χ3n) is 2.89. The Hall–Kier alpha value is -1.20. The van der Waals surface area contributed by atoms with Gasteiger partial charge in [-0.3, -0.25) is 0 Å². The van der Waals surface area contributed by atoms with E-state index in [0.717, 1.165) is 29.5 Å². The molecule has 3 heterocycles. The summed E-state index contributed by atoms with van der Waals surface area (Å²) in [4.78, 5) is 12.0. The van der Waals surface area contributed by atoms with E-state index in [-0.39, 0.29) is 0 Å². The van der Waals surface area contributed by atoms with Crippen LogP contribution >= 0.6 is 11.3 Å². The fraction of sp³-hybridized carbons (Fsp3) is 0.455. The van der Waals surface area contributed by atoms with Gasteiger partial charge in [0.05, 0.1) is 11.9 Å². The molecule has 0 amide bonds. The maximum atomic E-state index is 4.41. The summed E-state index contributed by atoms with van der Waals surface area (Å²) >= 11 is 1.63. The van der Waals surface area contributed by atoms with Crippen LogP contribution in [-0.2, 0) is 6.42 Å². The number of hydrogen-bond acceptors (Lipinski definition) is 4. The number of rotatable bonds is 3. The maximum Gasteiger partial charge on any atom is 0.141 e. The second-order valence-corrected chi connectivity index (χ2v) is 4.97. The van der Waals surface area contributed by atoms with Crippen molar-refractivity contribution in [1.29, 1.82) is 0 Å². The lowest BCUT2D eigenvalue weighted by atomic mass is 10.1. The monoisotopic (exact) mass is 234 g/mol. The predicted octanol–water partition coefficient (Wildman–Crippen LogP) is 1.83. The van der Waals surface area contributed by atoms with E-state index in [1.54, 1.807) is 11.3 Å². The molecule has 0 bridgehead atoms. The normalized spacial score (nSPS) is 20.4. The van der Waals surface area contributed by atoms with Crippen LogP contribution < -0.4 is 5.32 Å². The molecule has 1 unspecified atom stereocenters. The summed E-state index contributed by atoms with van der Waals surface area (Å²) in [6, 6.07) is 0.593. The van der Waals surface area contributed by atoms with Gasteiger partial charge in [-0.1, -0.05) is 0 Å². The molecule has 1 aliphatic heterocycles. The van der Waals surface area contributed by atoms with E-state index < -0.39 is 0 Å². The Morgan fingerprint density at radius 2 is 2.44 bits per heavy atom. The highest BCUT2D eigenvalue weighted by atomic mass is 32.1. The van der Waals surface area contributed by atoms with E-state index in [2.05, 4.69) is 20.3 Å². The molecule has 2 N–H and O–H groups in total. The highest BCUT2D eigenvalue weighted by Crippen LogP contribution is 2.20. The van der Waals surface area contributed by atoms with Gasteiger partial charge in [-0.2, -0.15) is 0 Å². The van der Waals surface area contributed by atoms with Crippen molar-refractivity contribution in [2.24, 2.45) is 0 Å². The molecule has 16 heavy (non-hydrogen) atoms. The highest BCUT2D eigenvalue weighted by molar-refractivity contribution is 7.13. The van der Waals surface area contributed by atoms with Crippen LogP contribution in [0.25, 0.3) is 10.7 Å². The quantitative estimate of drug-likeness (QED) is 0.852. The number of thiazole rings is 1. The number of hydrogen-bond donors (Lipinski definition) is 2. The summed E-state index contributed by atoms with van der Waals surface area (Å²) in [5.74, 6) is 1.06. The van der Waals surface area contributed by atoms with Crippen molar-refractivity contribution >= 4 is 11.3 Å². The Balaban J connectivity index is 1.72. The first-order chi connectivity index (χ1) is 7.92. The Labute approximate surface area is 98.1 Å². The van der Waals surface area contributed by atoms with E-state index in [9.17, 15) is 0 Å². The lowest BCUT2D eigenvalue weighted by Crippen LogP contribution is -2.24. The molecule has 2 aromatic heterocycles. The van der Waals surface area contributed by atoms with E-state index in [0.29, 0.717) is 6.04 Å². The van der Waals surface area contributed by atoms with Gasteiger partial charge in [0.2, 0.25) is 0 Å². The number of H-pyrrole nitrogens is 1. The average molecular weight is 234 g/mol. The van der Waals surface area contributed by atoms with Crippen LogP contribution in [0.3, 0.4) is 0 Å². The van der Waals surface area contributed by atoms with Crippen LogP contribution in [0.15, 0.2) is 17.8 Å². The van der Waals surface area contributed by atoms with Crippen molar-refractivity contribution in [3.8, 4) is 10.7 Å². The summed E-state index contributed by atoms with van der Waals surface area (Å²) in [6.07, 6.45) is 7.23. The molecule has 1 atom stereocenters. The average Bonchev–Trinajstić information content (AvgIpc) is 2.99. The molecule has 1 saturated heterocycles. The molecule has 0 spiro atoms. The zero-order valence-electron chi connectivity index (χ0n) is 8.94. The molecule has 2 aromatic rings. The molecule has 1 fully saturated rings. The molecule has 0 aliphatic carbocycles. The number of nitrogens with one attached hydrogen (secondary N) is 2. The van der Waals surface area contributed by atoms with Gasteiger partial charge in [-0.25, -0.2) is 9.97 Å². The molecule has 0 saturated carbocycles. The van der Waals surface area contributed by atoms with Gasteiger partial charge in [-0.15, -0.1) is 11.3 Å². The summed E-state index contributed by atoms with van der Waals surface area (Å²) in [7, 11) is 0. The summed E-state index contributed by atoms with van der Waals surface area (Å²) in [5.41, 5.74) is 1.03. The minimum absolute atomic E-state index is 0.593. The first-order valence-electron chi connectivity index (χ1n) is 5.59. The SMILES string of the molecule is c1csc(-c2cnc(CC3CCCN3)[nH]2)n1. The minimum Gasteiger partial charge on any atom is -0.340 e. The lowest BCUT2D eigenvalue weighted by molar-refractivity contribution is 0.589. The zero-order valence-corrected chi connectivity index (χ0v) is 9.76. The third-order valence-corrected chi connectivity index (χ3v) is 3.70. The maximum absolute atomic E-state index is 4.41. The highest BCUT2D eigenvalue weighted by Gasteiger charge is 2.16. The molecule has 3 rings (SSSR count). The molecule has 5 heteroatoms. The topological polar surface area (TPSA) is 53.6 Å². The summed E-state index contributed by atoms with van der Waals surface area (Å²) < 4.78 is 0. The zero-order chi connectivity index (χ0) is 10.8. The summed E-state index contributed by atoms with van der Waals surface area (Å²) in [6.45, 7) is 1.14. The van der Waals surface area contributed by atoms with Crippen molar-refractivity contribution in [3.05, 3.63) is 23.6 Å². The lowest BCUT2D eigenvalue weighted by Gasteiger charge is -2.06. The van der Waals surface area contributed by atoms with Crippen LogP contribution in [0.5, 0.6) is 0 Å². The second kappa shape index (κ2) is 4.35. The first-order valence-corrected chi connectivity index (χ1v) is 6.47. The minimum atomic E-state index is 0.593. The van der Waals surface area contributed by atoms with Crippen LogP contribution in [0.4, 0.5) is 0 Å². The van der Waals surface area contributed by atoms with Crippen molar-refractivity contribution in [2.75, 3.05) is 6.54 Å². The molecule has 0 radical (unpaired) electrons. The predicted molar refractivity (Wildman–Crippen MR) is 64.4 cm³/mol. The van der Waals surface area contributed by atoms with E-state index in [1.807, 2.05) is 17.8 Å². The molecule has 1 aliphatic rings. The van der Waals surface area contributed by atoms with Crippen LogP contribution in [-0.4, -0.2) is 27.5 Å². The van der Waals surface area contributed by atoms with Crippen LogP contribution in [0.2, 0.25) is 0 Å². The van der Waals surface area contributed by atoms with Gasteiger partial charge in [0.15, 0.2) is 0 Å². The third kappa shape index (κ3) is 2.01. The molecular formula is C11H14N4S. The van der Waals surface area contributed by atoms with Crippen molar-refractivity contribution < 1.29 is 0 Å². The number of nitrogens with zero attached hydrogens (tertiary/aromatic N) is 2. The Kier molecular flexibility index (Phi) is 2.71. The first kappa shape index (κ1) is 9.99. The van der Waals surface area contributed by atoms with Crippen LogP contribution in [0, 0.1) is 0 Å². The van der Waals surface area contributed by atoms with Gasteiger partial charge in [-0.05, 0) is 19.4 Å². The van der Waals surface area contributed by atoms with Crippen LogP contribution in [0.1, 0.15) is 18.7 Å². The molecule has 0 aromatic carbocycles. The van der Waals surface area contributed by atoms with Gasteiger partial charge in [0.25, 0.3) is 0 Å². The van der Waals surface area contributed by atoms with Crippen molar-refractivity contribution in [2.45, 2.75) is 25.3 Å². The van der Waals surface area contributed by atoms with Gasteiger partial charge >= 0.3 is 0 Å². The summed E-state index contributed by atoms with van der Waals surface area (Å²) in [5, 5.41) is 6.47. The Morgan fingerprint density at radius 3 is 3.19 bits per heavy atom. The number of aromatic nitrogens is 3. The van der Waals surface area contributed by atoms with Gasteiger partial charge in [0.1, 0.15) is 10.8 Å². The van der Waals surface area contributed by atoms with E-state index in [1.165, 1.54) is 12.8 Å². The van der Waals surface area contributed by atoms with E-state index in [4.69, 9.17) is 0 Å². The largest absolute Gasteiger partial charge is 0.340 e. The molecule has 84 valence electrons. The van der Waals surface area contributed by atoms with Crippen molar-refractivity contribution in [3.63, 3.8) is 0 Å². The molecular weight excluding hydrogens is 220 g/mol.